The smallest absolute Gasteiger partial charge is 0.217 e. The highest BCUT2D eigenvalue weighted by molar-refractivity contribution is 5.74. The van der Waals surface area contributed by atoms with Crippen molar-refractivity contribution in [1.29, 1.82) is 0 Å². The molecule has 15 atom stereocenters. The lowest BCUT2D eigenvalue weighted by Crippen LogP contribution is -2.70. The number of carbonyl (C=O) groups excluding carboxylic acids is 3. The molecule has 0 aromatic rings. The van der Waals surface area contributed by atoms with Crippen molar-refractivity contribution in [3.63, 3.8) is 0 Å². The van der Waals surface area contributed by atoms with Crippen LogP contribution in [0.3, 0.4) is 0 Å². The molecule has 3 aliphatic rings. The van der Waals surface area contributed by atoms with Gasteiger partial charge in [0.25, 0.3) is 0 Å². The molecule has 41 heavy (non-hydrogen) atoms. The van der Waals surface area contributed by atoms with E-state index in [-0.39, 0.29) is 0 Å². The zero-order valence-electron chi connectivity index (χ0n) is 23.3. The number of amides is 3. The molecule has 17 nitrogen and oxygen atoms in total. The fourth-order valence-electron chi connectivity index (χ4n) is 5.19. The minimum absolute atomic E-state index is 0.549. The molecular formula is C24H41N3O14. The molecule has 0 spiro atoms. The van der Waals surface area contributed by atoms with E-state index in [2.05, 4.69) is 16.0 Å². The van der Waals surface area contributed by atoms with Gasteiger partial charge in [-0.1, -0.05) is 0 Å². The number of ether oxygens (including phenoxy) is 5. The Morgan fingerprint density at radius 2 is 1.12 bits per heavy atom. The molecule has 3 saturated heterocycles. The van der Waals surface area contributed by atoms with Gasteiger partial charge in [0.1, 0.15) is 60.9 Å². The number of carbonyl (C=O) groups is 3. The van der Waals surface area contributed by atoms with E-state index in [1.165, 1.54) is 34.6 Å². The van der Waals surface area contributed by atoms with E-state index in [0.717, 1.165) is 0 Å². The first-order chi connectivity index (χ1) is 19.2. The number of rotatable bonds is 8. The van der Waals surface area contributed by atoms with Crippen molar-refractivity contribution < 1.29 is 68.7 Å². The molecule has 236 valence electrons. The summed E-state index contributed by atoms with van der Waals surface area (Å²) in [7, 11) is 0. The summed E-state index contributed by atoms with van der Waals surface area (Å²) in [5.41, 5.74) is 0. The summed E-state index contributed by atoms with van der Waals surface area (Å²) < 4.78 is 28.7. The number of nitrogens with one attached hydrogen (secondary N) is 3. The SMILES string of the molecule is CC(=O)NC1C(OC2C(C)OC(OC3C(O)C(C)OC(O)C3NC(C)=O)C(NC(C)=O)C2O)OC(CO)C(O)C1O. The van der Waals surface area contributed by atoms with Gasteiger partial charge in [0.15, 0.2) is 18.9 Å². The van der Waals surface area contributed by atoms with Crippen LogP contribution in [0.15, 0.2) is 0 Å². The van der Waals surface area contributed by atoms with Crippen LogP contribution in [0, 0.1) is 0 Å². The summed E-state index contributed by atoms with van der Waals surface area (Å²) in [6.07, 6.45) is -16.4. The third kappa shape index (κ3) is 7.68. The Bertz CT molecular complexity index is 928. The van der Waals surface area contributed by atoms with Gasteiger partial charge in [0.2, 0.25) is 17.7 Å². The predicted octanol–water partition coefficient (Wildman–Crippen LogP) is -5.09. The van der Waals surface area contributed by atoms with E-state index in [4.69, 9.17) is 23.7 Å². The van der Waals surface area contributed by atoms with Gasteiger partial charge in [-0.05, 0) is 13.8 Å². The lowest BCUT2D eigenvalue weighted by Gasteiger charge is -2.49. The summed E-state index contributed by atoms with van der Waals surface area (Å²) in [6, 6.07) is -3.88. The van der Waals surface area contributed by atoms with Crippen LogP contribution in [-0.2, 0) is 38.1 Å². The highest BCUT2D eigenvalue weighted by atomic mass is 16.7. The van der Waals surface area contributed by atoms with Gasteiger partial charge in [0, 0.05) is 20.8 Å². The van der Waals surface area contributed by atoms with Gasteiger partial charge < -0.3 is 70.3 Å². The molecule has 0 aromatic carbocycles. The van der Waals surface area contributed by atoms with Crippen LogP contribution in [0.4, 0.5) is 0 Å². The van der Waals surface area contributed by atoms with Gasteiger partial charge in [-0.15, -0.1) is 0 Å². The van der Waals surface area contributed by atoms with E-state index in [9.17, 15) is 45.0 Å². The van der Waals surface area contributed by atoms with Crippen LogP contribution >= 0.6 is 0 Å². The number of aliphatic hydroxyl groups excluding tert-OH is 6. The first kappa shape index (κ1) is 33.5. The summed E-state index contributed by atoms with van der Waals surface area (Å²) in [5, 5.41) is 70.4. The lowest BCUT2D eigenvalue weighted by molar-refractivity contribution is -0.343. The summed E-state index contributed by atoms with van der Waals surface area (Å²) in [6.45, 7) is 5.81. The van der Waals surface area contributed by atoms with Crippen molar-refractivity contribution in [2.45, 2.75) is 127 Å². The van der Waals surface area contributed by atoms with Crippen molar-refractivity contribution in [3.8, 4) is 0 Å². The van der Waals surface area contributed by atoms with E-state index >= 15 is 0 Å². The quantitative estimate of drug-likeness (QED) is 0.127. The Morgan fingerprint density at radius 3 is 1.66 bits per heavy atom. The molecule has 0 aliphatic carbocycles. The Kier molecular flexibility index (Phi) is 11.4. The third-order valence-corrected chi connectivity index (χ3v) is 7.22. The van der Waals surface area contributed by atoms with Crippen molar-refractivity contribution in [2.75, 3.05) is 6.61 Å². The largest absolute Gasteiger partial charge is 0.394 e. The maximum absolute atomic E-state index is 12.1. The topological polar surface area (TPSA) is 255 Å². The minimum Gasteiger partial charge on any atom is -0.394 e. The van der Waals surface area contributed by atoms with Crippen LogP contribution in [0.25, 0.3) is 0 Å². The minimum atomic E-state index is -1.61. The lowest BCUT2D eigenvalue weighted by atomic mass is 9.94. The predicted molar refractivity (Wildman–Crippen MR) is 133 cm³/mol. The molecule has 0 aromatic heterocycles. The third-order valence-electron chi connectivity index (χ3n) is 7.22. The van der Waals surface area contributed by atoms with Gasteiger partial charge in [-0.25, -0.2) is 0 Å². The highest BCUT2D eigenvalue weighted by Gasteiger charge is 2.53. The van der Waals surface area contributed by atoms with Gasteiger partial charge in [-0.2, -0.15) is 0 Å². The van der Waals surface area contributed by atoms with Crippen LogP contribution in [0.1, 0.15) is 34.6 Å². The Morgan fingerprint density at radius 1 is 0.634 bits per heavy atom. The van der Waals surface area contributed by atoms with Crippen LogP contribution in [0.2, 0.25) is 0 Å². The molecule has 3 heterocycles. The van der Waals surface area contributed by atoms with Crippen molar-refractivity contribution in [3.05, 3.63) is 0 Å². The maximum Gasteiger partial charge on any atom is 0.217 e. The monoisotopic (exact) mass is 595 g/mol. The molecule has 0 bridgehead atoms. The molecular weight excluding hydrogens is 554 g/mol. The molecule has 3 amide bonds. The first-order valence-electron chi connectivity index (χ1n) is 13.3. The summed E-state index contributed by atoms with van der Waals surface area (Å²) >= 11 is 0. The van der Waals surface area contributed by atoms with Crippen molar-refractivity contribution in [1.82, 2.24) is 16.0 Å². The number of hydrogen-bond donors (Lipinski definition) is 9. The Balaban J connectivity index is 1.86. The fraction of sp³-hybridized carbons (Fsp3) is 0.875. The van der Waals surface area contributed by atoms with Gasteiger partial charge in [0.05, 0.1) is 18.8 Å². The average molecular weight is 596 g/mol. The van der Waals surface area contributed by atoms with Crippen molar-refractivity contribution >= 4 is 17.7 Å². The number of aliphatic hydroxyl groups is 6. The second-order valence-corrected chi connectivity index (χ2v) is 10.5. The molecule has 3 fully saturated rings. The zero-order valence-corrected chi connectivity index (χ0v) is 23.3. The van der Waals surface area contributed by atoms with Crippen LogP contribution in [-0.4, -0.2) is 147 Å². The second kappa shape index (κ2) is 14.0. The summed E-state index contributed by atoms with van der Waals surface area (Å²) in [4.78, 5) is 35.6. The van der Waals surface area contributed by atoms with Gasteiger partial charge >= 0.3 is 0 Å². The van der Waals surface area contributed by atoms with Crippen LogP contribution < -0.4 is 16.0 Å². The van der Waals surface area contributed by atoms with E-state index in [1.54, 1.807) is 0 Å². The van der Waals surface area contributed by atoms with E-state index in [0.29, 0.717) is 0 Å². The molecule has 0 radical (unpaired) electrons. The molecule has 0 saturated carbocycles. The zero-order chi connectivity index (χ0) is 30.8. The average Bonchev–Trinajstić information content (AvgIpc) is 2.87. The number of hydrogen-bond acceptors (Lipinski definition) is 14. The maximum atomic E-state index is 12.1. The molecule has 9 N–H and O–H groups in total. The molecule has 3 rings (SSSR count). The molecule has 17 heteroatoms. The van der Waals surface area contributed by atoms with Crippen molar-refractivity contribution in [2.24, 2.45) is 0 Å². The van der Waals surface area contributed by atoms with E-state index < -0.39 is 116 Å². The summed E-state index contributed by atoms with van der Waals surface area (Å²) in [5.74, 6) is -1.73. The first-order valence-corrected chi connectivity index (χ1v) is 13.3. The van der Waals surface area contributed by atoms with E-state index in [1.807, 2.05) is 0 Å². The highest BCUT2D eigenvalue weighted by Crippen LogP contribution is 2.32. The fourth-order valence-corrected chi connectivity index (χ4v) is 5.19. The second-order valence-electron chi connectivity index (χ2n) is 10.5. The Hall–Kier alpha value is -2.03. The standard InChI is InChI=1S/C24H41N3O14/c1-7-16(32)21(15(22(36)37-7)27-11(5)31)41-23-14(26-10(4)30)19(35)20(8(2)38-23)40-24-13(25-9(3)29)18(34)17(33)12(6-28)39-24/h7-8,12-24,28,32-36H,6H2,1-5H3,(H,25,29)(H,26,30)(H,27,31). The normalized spacial score (nSPS) is 45.0. The van der Waals surface area contributed by atoms with Crippen LogP contribution in [0.5, 0.6) is 0 Å². The van der Waals surface area contributed by atoms with Gasteiger partial charge in [-0.3, -0.25) is 14.4 Å². The molecule has 15 unspecified atom stereocenters. The molecule has 3 aliphatic heterocycles. The Labute approximate surface area is 236 Å².